The molecule has 2 N–H and O–H groups in total. The van der Waals surface area contributed by atoms with Gasteiger partial charge in [0.1, 0.15) is 6.29 Å². The van der Waals surface area contributed by atoms with E-state index < -0.39 is 0 Å². The molecule has 0 fully saturated rings. The lowest BCUT2D eigenvalue weighted by atomic mass is 10.3. The van der Waals surface area contributed by atoms with Crippen molar-refractivity contribution in [2.75, 3.05) is 13.1 Å². The van der Waals surface area contributed by atoms with Crippen LogP contribution >= 0.6 is 0 Å². The number of rotatable bonds is 5. The molecule has 0 aliphatic rings. The Balaban J connectivity index is 3.15. The van der Waals surface area contributed by atoms with Gasteiger partial charge in [-0.25, -0.2) is 4.79 Å². The van der Waals surface area contributed by atoms with Crippen LogP contribution in [0.15, 0.2) is 0 Å². The molecule has 0 saturated carbocycles. The van der Waals surface area contributed by atoms with Gasteiger partial charge < -0.3 is 15.4 Å². The molecule has 4 nitrogen and oxygen atoms in total. The second-order valence-corrected chi connectivity index (χ2v) is 2.16. The van der Waals surface area contributed by atoms with Crippen LogP contribution in [0.2, 0.25) is 0 Å². The molecule has 0 radical (unpaired) electrons. The smallest absolute Gasteiger partial charge is 0.315 e. The Morgan fingerprint density at radius 1 is 1.45 bits per heavy atom. The van der Waals surface area contributed by atoms with Gasteiger partial charge in [-0.15, -0.1) is 0 Å². The third-order valence-corrected chi connectivity index (χ3v) is 1.16. The van der Waals surface area contributed by atoms with Crippen molar-refractivity contribution in [1.29, 1.82) is 0 Å². The fraction of sp³-hybridized carbons (Fsp3) is 0.714. The van der Waals surface area contributed by atoms with Gasteiger partial charge >= 0.3 is 6.03 Å². The van der Waals surface area contributed by atoms with Gasteiger partial charge in [-0.1, -0.05) is 13.3 Å². The summed E-state index contributed by atoms with van der Waals surface area (Å²) in [6, 6.07) is -0.273. The zero-order chi connectivity index (χ0) is 8.53. The lowest BCUT2D eigenvalue weighted by molar-refractivity contribution is -0.107. The summed E-state index contributed by atoms with van der Waals surface area (Å²) in [4.78, 5) is 20.5. The van der Waals surface area contributed by atoms with E-state index in [0.717, 1.165) is 12.8 Å². The summed E-state index contributed by atoms with van der Waals surface area (Å²) in [7, 11) is 0. The normalized spacial score (nSPS) is 8.82. The van der Waals surface area contributed by atoms with Crippen molar-refractivity contribution in [3.05, 3.63) is 0 Å². The molecule has 0 aromatic carbocycles. The van der Waals surface area contributed by atoms with E-state index in [4.69, 9.17) is 0 Å². The Hall–Kier alpha value is -1.06. The van der Waals surface area contributed by atoms with Gasteiger partial charge in [0, 0.05) is 6.54 Å². The maximum Gasteiger partial charge on any atom is 0.315 e. The van der Waals surface area contributed by atoms with E-state index in [2.05, 4.69) is 10.6 Å². The minimum Gasteiger partial charge on any atom is -0.338 e. The Kier molecular flexibility index (Phi) is 6.37. The van der Waals surface area contributed by atoms with Crippen LogP contribution in [0.1, 0.15) is 19.8 Å². The zero-order valence-corrected chi connectivity index (χ0v) is 6.72. The van der Waals surface area contributed by atoms with E-state index in [9.17, 15) is 9.59 Å². The highest BCUT2D eigenvalue weighted by Crippen LogP contribution is 1.81. The molecular formula is C7H14N2O2. The number of carbonyl (C=O) groups excluding carboxylic acids is 2. The molecule has 0 bridgehead atoms. The standard InChI is InChI=1S/C7H14N2O2/c1-2-3-4-8-7(11)9-5-6-10/h6H,2-5H2,1H3,(H2,8,9,11). The molecule has 0 aliphatic heterocycles. The number of urea groups is 1. The SMILES string of the molecule is CCCCNC(=O)NCC=O. The third-order valence-electron chi connectivity index (χ3n) is 1.16. The number of unbranched alkanes of at least 4 members (excludes halogenated alkanes) is 1. The van der Waals surface area contributed by atoms with E-state index >= 15 is 0 Å². The van der Waals surface area contributed by atoms with E-state index in [0.29, 0.717) is 12.8 Å². The van der Waals surface area contributed by atoms with Gasteiger partial charge in [0.15, 0.2) is 0 Å². The highest BCUT2D eigenvalue weighted by atomic mass is 16.2. The first-order valence-corrected chi connectivity index (χ1v) is 3.76. The van der Waals surface area contributed by atoms with Crippen molar-refractivity contribution in [2.45, 2.75) is 19.8 Å². The second-order valence-electron chi connectivity index (χ2n) is 2.16. The van der Waals surface area contributed by atoms with Gasteiger partial charge in [0.25, 0.3) is 0 Å². The lowest BCUT2D eigenvalue weighted by Gasteiger charge is -2.02. The maximum absolute atomic E-state index is 10.7. The largest absolute Gasteiger partial charge is 0.338 e. The van der Waals surface area contributed by atoms with Crippen LogP contribution in [0.3, 0.4) is 0 Å². The summed E-state index contributed by atoms with van der Waals surface area (Å²) in [6.45, 7) is 2.80. The topological polar surface area (TPSA) is 58.2 Å². The zero-order valence-electron chi connectivity index (χ0n) is 6.72. The van der Waals surface area contributed by atoms with Crippen LogP contribution in [-0.2, 0) is 4.79 Å². The summed E-state index contributed by atoms with van der Waals surface area (Å²) in [6.07, 6.45) is 2.67. The summed E-state index contributed by atoms with van der Waals surface area (Å²) < 4.78 is 0. The second kappa shape index (κ2) is 7.05. The molecule has 0 saturated heterocycles. The quantitative estimate of drug-likeness (QED) is 0.446. The molecule has 64 valence electrons. The number of hydrogen-bond acceptors (Lipinski definition) is 2. The predicted octanol–water partition coefficient (Wildman–Crippen LogP) is 0.285. The molecular weight excluding hydrogens is 144 g/mol. The van der Waals surface area contributed by atoms with Crippen LogP contribution in [0, 0.1) is 0 Å². The van der Waals surface area contributed by atoms with Crippen molar-refractivity contribution in [1.82, 2.24) is 10.6 Å². The van der Waals surface area contributed by atoms with E-state index in [1.807, 2.05) is 6.92 Å². The van der Waals surface area contributed by atoms with Crippen molar-refractivity contribution in [2.24, 2.45) is 0 Å². The first kappa shape index (κ1) is 9.94. The van der Waals surface area contributed by atoms with Gasteiger partial charge in [-0.2, -0.15) is 0 Å². The van der Waals surface area contributed by atoms with E-state index in [-0.39, 0.29) is 12.6 Å². The number of amides is 2. The first-order chi connectivity index (χ1) is 5.31. The molecule has 4 heteroatoms. The molecule has 0 spiro atoms. The molecule has 0 heterocycles. The monoisotopic (exact) mass is 158 g/mol. The molecule has 2 amide bonds. The third kappa shape index (κ3) is 6.83. The Labute approximate surface area is 66.4 Å². The maximum atomic E-state index is 10.7. The Morgan fingerprint density at radius 3 is 2.73 bits per heavy atom. The molecule has 0 aromatic heterocycles. The van der Waals surface area contributed by atoms with Gasteiger partial charge in [0.2, 0.25) is 0 Å². The highest BCUT2D eigenvalue weighted by Gasteiger charge is 1.94. The average Bonchev–Trinajstić information content (AvgIpc) is 2.01. The van der Waals surface area contributed by atoms with Crippen LogP contribution in [0.25, 0.3) is 0 Å². The Morgan fingerprint density at radius 2 is 2.18 bits per heavy atom. The van der Waals surface area contributed by atoms with Gasteiger partial charge in [-0.05, 0) is 6.42 Å². The van der Waals surface area contributed by atoms with Crippen molar-refractivity contribution >= 4 is 12.3 Å². The lowest BCUT2D eigenvalue weighted by Crippen LogP contribution is -2.36. The number of carbonyl (C=O) groups is 2. The molecule has 0 atom stereocenters. The van der Waals surface area contributed by atoms with Crippen LogP contribution in [-0.4, -0.2) is 25.4 Å². The van der Waals surface area contributed by atoms with Crippen LogP contribution in [0.4, 0.5) is 4.79 Å². The molecule has 0 aromatic rings. The minimum atomic E-state index is -0.273. The van der Waals surface area contributed by atoms with Gasteiger partial charge in [0.05, 0.1) is 6.54 Å². The fourth-order valence-electron chi connectivity index (χ4n) is 0.576. The van der Waals surface area contributed by atoms with Crippen molar-refractivity contribution in [3.8, 4) is 0 Å². The van der Waals surface area contributed by atoms with Crippen LogP contribution in [0.5, 0.6) is 0 Å². The number of hydrogen-bond donors (Lipinski definition) is 2. The fourth-order valence-corrected chi connectivity index (χ4v) is 0.576. The van der Waals surface area contributed by atoms with E-state index in [1.165, 1.54) is 0 Å². The molecule has 0 rings (SSSR count). The average molecular weight is 158 g/mol. The summed E-state index contributed by atoms with van der Waals surface area (Å²) in [5.41, 5.74) is 0. The summed E-state index contributed by atoms with van der Waals surface area (Å²) >= 11 is 0. The number of nitrogens with one attached hydrogen (secondary N) is 2. The first-order valence-electron chi connectivity index (χ1n) is 3.76. The summed E-state index contributed by atoms with van der Waals surface area (Å²) in [5.74, 6) is 0. The molecule has 11 heavy (non-hydrogen) atoms. The predicted molar refractivity (Wildman–Crippen MR) is 42.4 cm³/mol. The molecule has 0 aliphatic carbocycles. The van der Waals surface area contributed by atoms with Crippen LogP contribution < -0.4 is 10.6 Å². The van der Waals surface area contributed by atoms with Crippen molar-refractivity contribution < 1.29 is 9.59 Å². The number of aldehydes is 1. The minimum absolute atomic E-state index is 0.0813. The van der Waals surface area contributed by atoms with Gasteiger partial charge in [-0.3, -0.25) is 0 Å². The highest BCUT2D eigenvalue weighted by molar-refractivity contribution is 5.76. The van der Waals surface area contributed by atoms with Crippen molar-refractivity contribution in [3.63, 3.8) is 0 Å². The van der Waals surface area contributed by atoms with E-state index in [1.54, 1.807) is 0 Å². The molecule has 0 unspecified atom stereocenters. The summed E-state index contributed by atoms with van der Waals surface area (Å²) in [5, 5.41) is 4.98. The Bertz CT molecular complexity index is 126.